The molecule has 0 spiro atoms. The summed E-state index contributed by atoms with van der Waals surface area (Å²) in [4.78, 5) is 11.1. The summed E-state index contributed by atoms with van der Waals surface area (Å²) >= 11 is 0. The largest absolute Gasteiger partial charge is 0.481 e. The summed E-state index contributed by atoms with van der Waals surface area (Å²) in [6.07, 6.45) is 4.21. The van der Waals surface area contributed by atoms with Crippen molar-refractivity contribution >= 4 is 5.97 Å². The lowest BCUT2D eigenvalue weighted by Crippen LogP contribution is -2.34. The Morgan fingerprint density at radius 2 is 2.00 bits per heavy atom. The van der Waals surface area contributed by atoms with Gasteiger partial charge in [-0.25, -0.2) is 0 Å². The van der Waals surface area contributed by atoms with Crippen molar-refractivity contribution in [2.45, 2.75) is 39.5 Å². The first-order valence-corrected chi connectivity index (χ1v) is 5.60. The molecular weight excluding hydrogens is 178 g/mol. The number of carboxylic acids is 1. The van der Waals surface area contributed by atoms with Crippen LogP contribution in [0.25, 0.3) is 0 Å². The van der Waals surface area contributed by atoms with Crippen LogP contribution in [0.1, 0.15) is 39.5 Å². The van der Waals surface area contributed by atoms with Crippen LogP contribution >= 0.6 is 0 Å². The zero-order valence-corrected chi connectivity index (χ0v) is 9.18. The second-order valence-electron chi connectivity index (χ2n) is 4.38. The van der Waals surface area contributed by atoms with E-state index in [-0.39, 0.29) is 11.3 Å². The van der Waals surface area contributed by atoms with Gasteiger partial charge in [0.15, 0.2) is 0 Å². The average Bonchev–Trinajstić information content (AvgIpc) is 2.50. The number of carbonyl (C=O) groups is 1. The molecule has 2 N–H and O–H groups in total. The van der Waals surface area contributed by atoms with Crippen molar-refractivity contribution in [1.82, 2.24) is 5.32 Å². The highest BCUT2D eigenvalue weighted by atomic mass is 16.4. The lowest BCUT2D eigenvalue weighted by molar-refractivity contribution is -0.145. The van der Waals surface area contributed by atoms with Gasteiger partial charge in [-0.1, -0.05) is 26.7 Å². The standard InChI is InChI=1S/C11H21NO2/c1-3-5-11(6-4-2)8-12-7-9(11)10(13)14/h9,12H,3-8H2,1-2H3,(H,13,14). The fraction of sp³-hybridized carbons (Fsp3) is 0.909. The molecule has 1 heterocycles. The third-order valence-corrected chi connectivity index (χ3v) is 3.36. The Labute approximate surface area is 85.9 Å². The minimum absolute atomic E-state index is 0.0231. The van der Waals surface area contributed by atoms with Gasteiger partial charge in [-0.2, -0.15) is 0 Å². The summed E-state index contributed by atoms with van der Waals surface area (Å²) in [5.74, 6) is -0.806. The van der Waals surface area contributed by atoms with Gasteiger partial charge in [0.1, 0.15) is 0 Å². The molecule has 1 unspecified atom stereocenters. The molecule has 0 radical (unpaired) electrons. The van der Waals surface area contributed by atoms with E-state index in [1.807, 2.05) is 0 Å². The van der Waals surface area contributed by atoms with E-state index in [0.717, 1.165) is 32.2 Å². The second-order valence-corrected chi connectivity index (χ2v) is 4.38. The number of hydrogen-bond donors (Lipinski definition) is 2. The predicted molar refractivity (Wildman–Crippen MR) is 56.2 cm³/mol. The molecule has 0 bridgehead atoms. The van der Waals surface area contributed by atoms with Crippen molar-refractivity contribution in [3.05, 3.63) is 0 Å². The Kier molecular flexibility index (Phi) is 3.93. The van der Waals surface area contributed by atoms with Crippen LogP contribution in [0.3, 0.4) is 0 Å². The van der Waals surface area contributed by atoms with Gasteiger partial charge in [-0.05, 0) is 18.3 Å². The lowest BCUT2D eigenvalue weighted by Gasteiger charge is -2.32. The Bertz CT molecular complexity index is 197. The molecule has 0 amide bonds. The molecule has 1 atom stereocenters. The Balaban J connectivity index is 2.77. The van der Waals surface area contributed by atoms with Crippen LogP contribution in [0, 0.1) is 11.3 Å². The maximum Gasteiger partial charge on any atom is 0.308 e. The topological polar surface area (TPSA) is 49.3 Å². The SMILES string of the molecule is CCCC1(CCC)CNCC1C(=O)O. The van der Waals surface area contributed by atoms with E-state index in [9.17, 15) is 4.79 Å². The molecule has 3 nitrogen and oxygen atoms in total. The van der Waals surface area contributed by atoms with Crippen molar-refractivity contribution in [1.29, 1.82) is 0 Å². The van der Waals surface area contributed by atoms with Crippen molar-refractivity contribution < 1.29 is 9.90 Å². The van der Waals surface area contributed by atoms with Gasteiger partial charge in [-0.3, -0.25) is 4.79 Å². The minimum atomic E-state index is -0.628. The summed E-state index contributed by atoms with van der Waals surface area (Å²) in [6, 6.07) is 0. The van der Waals surface area contributed by atoms with Crippen LogP contribution in [-0.2, 0) is 4.79 Å². The van der Waals surface area contributed by atoms with Crippen LogP contribution in [0.15, 0.2) is 0 Å². The summed E-state index contributed by atoms with van der Waals surface area (Å²) in [6.45, 7) is 5.80. The van der Waals surface area contributed by atoms with E-state index < -0.39 is 5.97 Å². The molecule has 0 aliphatic carbocycles. The van der Waals surface area contributed by atoms with Crippen LogP contribution in [0.2, 0.25) is 0 Å². The van der Waals surface area contributed by atoms with E-state index in [1.54, 1.807) is 0 Å². The van der Waals surface area contributed by atoms with Crippen molar-refractivity contribution in [3.63, 3.8) is 0 Å². The van der Waals surface area contributed by atoms with E-state index >= 15 is 0 Å². The quantitative estimate of drug-likeness (QED) is 0.710. The molecule has 3 heteroatoms. The summed E-state index contributed by atoms with van der Waals surface area (Å²) in [5, 5.41) is 12.4. The zero-order valence-electron chi connectivity index (χ0n) is 9.18. The smallest absolute Gasteiger partial charge is 0.308 e. The number of carboxylic acid groups (broad SMARTS) is 1. The van der Waals surface area contributed by atoms with E-state index in [2.05, 4.69) is 19.2 Å². The molecule has 0 aromatic heterocycles. The first kappa shape index (κ1) is 11.5. The van der Waals surface area contributed by atoms with Gasteiger partial charge in [-0.15, -0.1) is 0 Å². The van der Waals surface area contributed by atoms with Crippen molar-refractivity contribution in [2.24, 2.45) is 11.3 Å². The number of hydrogen-bond acceptors (Lipinski definition) is 2. The molecule has 14 heavy (non-hydrogen) atoms. The maximum absolute atomic E-state index is 11.1. The van der Waals surface area contributed by atoms with Crippen molar-refractivity contribution in [3.8, 4) is 0 Å². The minimum Gasteiger partial charge on any atom is -0.481 e. The molecule has 1 saturated heterocycles. The normalized spacial score (nSPS) is 25.1. The maximum atomic E-state index is 11.1. The Morgan fingerprint density at radius 1 is 1.43 bits per heavy atom. The molecule has 82 valence electrons. The van der Waals surface area contributed by atoms with Gasteiger partial charge < -0.3 is 10.4 Å². The summed E-state index contributed by atoms with van der Waals surface area (Å²) in [5.41, 5.74) is 0.0231. The summed E-state index contributed by atoms with van der Waals surface area (Å²) in [7, 11) is 0. The monoisotopic (exact) mass is 199 g/mol. The van der Waals surface area contributed by atoms with E-state index in [1.165, 1.54) is 0 Å². The molecule has 0 aromatic rings. The van der Waals surface area contributed by atoms with Crippen molar-refractivity contribution in [2.75, 3.05) is 13.1 Å². The van der Waals surface area contributed by atoms with Gasteiger partial charge >= 0.3 is 5.97 Å². The fourth-order valence-electron chi connectivity index (χ4n) is 2.80. The van der Waals surface area contributed by atoms with Gasteiger partial charge in [0.2, 0.25) is 0 Å². The first-order chi connectivity index (χ1) is 6.66. The molecular formula is C11H21NO2. The molecule has 1 aliphatic rings. The van der Waals surface area contributed by atoms with Gasteiger partial charge in [0.25, 0.3) is 0 Å². The molecule has 1 rings (SSSR count). The zero-order chi connectivity index (χ0) is 10.6. The molecule has 1 fully saturated rings. The van der Waals surface area contributed by atoms with Crippen LogP contribution in [0.5, 0.6) is 0 Å². The molecule has 1 aliphatic heterocycles. The van der Waals surface area contributed by atoms with E-state index in [4.69, 9.17) is 5.11 Å². The number of nitrogens with one attached hydrogen (secondary N) is 1. The highest BCUT2D eigenvalue weighted by molar-refractivity contribution is 5.72. The third-order valence-electron chi connectivity index (χ3n) is 3.36. The number of rotatable bonds is 5. The average molecular weight is 199 g/mol. The first-order valence-electron chi connectivity index (χ1n) is 5.60. The third kappa shape index (κ3) is 2.08. The highest BCUT2D eigenvalue weighted by Gasteiger charge is 2.45. The van der Waals surface area contributed by atoms with E-state index in [0.29, 0.717) is 6.54 Å². The van der Waals surface area contributed by atoms with Crippen LogP contribution in [0.4, 0.5) is 0 Å². The predicted octanol–water partition coefficient (Wildman–Crippen LogP) is 1.88. The Hall–Kier alpha value is -0.570. The van der Waals surface area contributed by atoms with Gasteiger partial charge in [0.05, 0.1) is 5.92 Å². The lowest BCUT2D eigenvalue weighted by atomic mass is 9.71. The Morgan fingerprint density at radius 3 is 2.43 bits per heavy atom. The summed E-state index contributed by atoms with van der Waals surface area (Å²) < 4.78 is 0. The second kappa shape index (κ2) is 4.78. The fourth-order valence-corrected chi connectivity index (χ4v) is 2.80. The van der Waals surface area contributed by atoms with Crippen LogP contribution in [-0.4, -0.2) is 24.2 Å². The van der Waals surface area contributed by atoms with Gasteiger partial charge in [0, 0.05) is 13.1 Å². The van der Waals surface area contributed by atoms with Crippen LogP contribution < -0.4 is 5.32 Å². The molecule has 0 saturated carbocycles. The number of aliphatic carboxylic acids is 1. The highest BCUT2D eigenvalue weighted by Crippen LogP contribution is 2.40. The molecule has 0 aromatic carbocycles.